The minimum atomic E-state index is -0.375. The Kier molecular flexibility index (Phi) is 3.67. The van der Waals surface area contributed by atoms with E-state index in [0.29, 0.717) is 5.02 Å². The van der Waals surface area contributed by atoms with Crippen molar-refractivity contribution in [1.29, 1.82) is 0 Å². The third kappa shape index (κ3) is 2.68. The zero-order chi connectivity index (χ0) is 9.68. The summed E-state index contributed by atoms with van der Waals surface area (Å²) >= 11 is 5.71. The van der Waals surface area contributed by atoms with Crippen LogP contribution in [0.3, 0.4) is 0 Å². The van der Waals surface area contributed by atoms with Gasteiger partial charge in [0.15, 0.2) is 0 Å². The Morgan fingerprint density at radius 3 is 3.08 bits per heavy atom. The van der Waals surface area contributed by atoms with Gasteiger partial charge >= 0.3 is 0 Å². The molecular formula is C8H9ClN2O2. The lowest BCUT2D eigenvalue weighted by Gasteiger charge is -2.02. The number of nitrogens with zero attached hydrogens (tertiary/aromatic N) is 1. The minimum absolute atomic E-state index is 0.101. The molecule has 0 saturated carbocycles. The molecule has 0 unspecified atom stereocenters. The van der Waals surface area contributed by atoms with Crippen LogP contribution in [-0.4, -0.2) is 29.1 Å². The Labute approximate surface area is 80.6 Å². The number of amides is 1. The van der Waals surface area contributed by atoms with Crippen LogP contribution in [0.4, 0.5) is 0 Å². The number of aromatic nitrogens is 1. The van der Waals surface area contributed by atoms with E-state index in [9.17, 15) is 4.79 Å². The molecule has 0 fully saturated rings. The molecule has 0 aliphatic rings. The van der Waals surface area contributed by atoms with E-state index in [1.807, 2.05) is 0 Å². The van der Waals surface area contributed by atoms with Gasteiger partial charge in [-0.05, 0) is 12.1 Å². The normalized spacial score (nSPS) is 9.69. The van der Waals surface area contributed by atoms with Gasteiger partial charge < -0.3 is 10.4 Å². The van der Waals surface area contributed by atoms with Crippen molar-refractivity contribution in [3.8, 4) is 0 Å². The van der Waals surface area contributed by atoms with Crippen LogP contribution in [-0.2, 0) is 0 Å². The number of carbonyl (C=O) groups is 1. The van der Waals surface area contributed by atoms with E-state index in [1.54, 1.807) is 12.1 Å². The summed E-state index contributed by atoms with van der Waals surface area (Å²) in [7, 11) is 0. The molecular weight excluding hydrogens is 192 g/mol. The highest BCUT2D eigenvalue weighted by Gasteiger charge is 2.09. The van der Waals surface area contributed by atoms with Crippen LogP contribution in [0, 0.1) is 0 Å². The van der Waals surface area contributed by atoms with Crippen LogP contribution in [0.25, 0.3) is 0 Å². The molecule has 0 spiro atoms. The first-order valence-electron chi connectivity index (χ1n) is 3.75. The monoisotopic (exact) mass is 200 g/mol. The second-order valence-corrected chi connectivity index (χ2v) is 2.72. The van der Waals surface area contributed by atoms with Gasteiger partial charge in [-0.15, -0.1) is 0 Å². The molecule has 0 radical (unpaired) electrons. The number of nitrogens with one attached hydrogen (secondary N) is 1. The average Bonchev–Trinajstić information content (AvgIpc) is 2.15. The minimum Gasteiger partial charge on any atom is -0.395 e. The maximum Gasteiger partial charge on any atom is 0.271 e. The molecule has 5 heteroatoms. The summed E-state index contributed by atoms with van der Waals surface area (Å²) in [5.74, 6) is -0.375. The van der Waals surface area contributed by atoms with E-state index in [-0.39, 0.29) is 24.8 Å². The number of aliphatic hydroxyl groups excluding tert-OH is 1. The molecule has 1 aromatic heterocycles. The second kappa shape index (κ2) is 4.79. The molecule has 0 aliphatic carbocycles. The molecule has 2 N–H and O–H groups in total. The van der Waals surface area contributed by atoms with Crippen molar-refractivity contribution >= 4 is 17.5 Å². The second-order valence-electron chi connectivity index (χ2n) is 2.31. The van der Waals surface area contributed by atoms with Crippen molar-refractivity contribution in [2.75, 3.05) is 13.2 Å². The van der Waals surface area contributed by atoms with Gasteiger partial charge in [0, 0.05) is 12.7 Å². The van der Waals surface area contributed by atoms with Gasteiger partial charge in [0.25, 0.3) is 5.91 Å². The molecule has 1 amide bonds. The summed E-state index contributed by atoms with van der Waals surface area (Å²) in [6.45, 7) is 0.0991. The summed E-state index contributed by atoms with van der Waals surface area (Å²) in [5, 5.41) is 11.2. The number of aliphatic hydroxyl groups is 1. The molecule has 4 nitrogen and oxygen atoms in total. The fourth-order valence-electron chi connectivity index (χ4n) is 0.806. The largest absolute Gasteiger partial charge is 0.395 e. The fraction of sp³-hybridized carbons (Fsp3) is 0.250. The van der Waals surface area contributed by atoms with Crippen LogP contribution in [0.1, 0.15) is 10.5 Å². The number of carbonyl (C=O) groups excluding carboxylic acids is 1. The third-order valence-corrected chi connectivity index (χ3v) is 1.68. The first kappa shape index (κ1) is 9.95. The Balaban J connectivity index is 2.71. The Hall–Kier alpha value is -1.13. The highest BCUT2D eigenvalue weighted by atomic mass is 35.5. The van der Waals surface area contributed by atoms with E-state index in [4.69, 9.17) is 16.7 Å². The molecule has 1 heterocycles. The predicted octanol–water partition coefficient (Wildman–Crippen LogP) is 0.457. The Morgan fingerprint density at radius 1 is 1.69 bits per heavy atom. The van der Waals surface area contributed by atoms with Crippen molar-refractivity contribution < 1.29 is 9.90 Å². The molecule has 1 aromatic rings. The maximum absolute atomic E-state index is 11.3. The van der Waals surface area contributed by atoms with Gasteiger partial charge in [-0.2, -0.15) is 0 Å². The maximum atomic E-state index is 11.3. The first-order valence-corrected chi connectivity index (χ1v) is 4.13. The summed E-state index contributed by atoms with van der Waals surface area (Å²) in [5.41, 5.74) is 0.178. The van der Waals surface area contributed by atoms with Gasteiger partial charge in [-0.3, -0.25) is 4.79 Å². The molecule has 13 heavy (non-hydrogen) atoms. The van der Waals surface area contributed by atoms with Gasteiger partial charge in [0.2, 0.25) is 0 Å². The van der Waals surface area contributed by atoms with Crippen molar-refractivity contribution in [2.24, 2.45) is 0 Å². The van der Waals surface area contributed by atoms with Crippen LogP contribution < -0.4 is 5.32 Å². The van der Waals surface area contributed by atoms with Gasteiger partial charge in [0.05, 0.1) is 11.6 Å². The quantitative estimate of drug-likeness (QED) is 0.745. The lowest BCUT2D eigenvalue weighted by Crippen LogP contribution is -2.27. The summed E-state index contributed by atoms with van der Waals surface area (Å²) in [6, 6.07) is 3.23. The number of hydrogen-bond acceptors (Lipinski definition) is 3. The van der Waals surface area contributed by atoms with Gasteiger partial charge in [0.1, 0.15) is 5.69 Å². The average molecular weight is 201 g/mol. The summed E-state index contributed by atoms with van der Waals surface area (Å²) in [6.07, 6.45) is 1.49. The van der Waals surface area contributed by atoms with Crippen molar-refractivity contribution in [1.82, 2.24) is 10.3 Å². The van der Waals surface area contributed by atoms with Crippen LogP contribution >= 0.6 is 11.6 Å². The van der Waals surface area contributed by atoms with Gasteiger partial charge in [-0.1, -0.05) is 11.6 Å². The Morgan fingerprint density at radius 2 is 2.46 bits per heavy atom. The van der Waals surface area contributed by atoms with E-state index in [1.165, 1.54) is 6.20 Å². The van der Waals surface area contributed by atoms with E-state index in [2.05, 4.69) is 10.3 Å². The van der Waals surface area contributed by atoms with Crippen molar-refractivity contribution in [3.05, 3.63) is 29.0 Å². The number of halogens is 1. The summed E-state index contributed by atoms with van der Waals surface area (Å²) in [4.78, 5) is 15.1. The van der Waals surface area contributed by atoms with Gasteiger partial charge in [-0.25, -0.2) is 4.98 Å². The smallest absolute Gasteiger partial charge is 0.271 e. The topological polar surface area (TPSA) is 62.2 Å². The van der Waals surface area contributed by atoms with E-state index in [0.717, 1.165) is 0 Å². The first-order chi connectivity index (χ1) is 6.25. The third-order valence-electron chi connectivity index (χ3n) is 1.37. The molecule has 0 aliphatic heterocycles. The van der Waals surface area contributed by atoms with Crippen molar-refractivity contribution in [3.63, 3.8) is 0 Å². The highest BCUT2D eigenvalue weighted by molar-refractivity contribution is 6.33. The molecule has 70 valence electrons. The zero-order valence-electron chi connectivity index (χ0n) is 6.83. The molecule has 0 atom stereocenters. The molecule has 0 bridgehead atoms. The number of hydrogen-bond donors (Lipinski definition) is 2. The van der Waals surface area contributed by atoms with Crippen LogP contribution in [0.5, 0.6) is 0 Å². The standard InChI is InChI=1S/C8H9ClN2O2/c9-6-2-1-3-10-7(6)8(13)11-4-5-12/h1-3,12H,4-5H2,(H,11,13). The molecule has 1 rings (SSSR count). The lowest BCUT2D eigenvalue weighted by atomic mass is 10.3. The Bertz CT molecular complexity index is 304. The molecule has 0 aromatic carbocycles. The zero-order valence-corrected chi connectivity index (χ0v) is 7.58. The summed E-state index contributed by atoms with van der Waals surface area (Å²) < 4.78 is 0. The highest BCUT2D eigenvalue weighted by Crippen LogP contribution is 2.11. The number of pyridine rings is 1. The van der Waals surface area contributed by atoms with Crippen molar-refractivity contribution in [2.45, 2.75) is 0 Å². The lowest BCUT2D eigenvalue weighted by molar-refractivity contribution is 0.0940. The number of rotatable bonds is 3. The SMILES string of the molecule is O=C(NCCO)c1ncccc1Cl. The van der Waals surface area contributed by atoms with Crippen LogP contribution in [0.2, 0.25) is 5.02 Å². The molecule has 0 saturated heterocycles. The van der Waals surface area contributed by atoms with Crippen LogP contribution in [0.15, 0.2) is 18.3 Å². The van der Waals surface area contributed by atoms with E-state index < -0.39 is 0 Å². The van der Waals surface area contributed by atoms with E-state index >= 15 is 0 Å². The fourth-order valence-corrected chi connectivity index (χ4v) is 1.01. The predicted molar refractivity (Wildman–Crippen MR) is 48.7 cm³/mol.